The molecule has 108 valence electrons. The fourth-order valence-corrected chi connectivity index (χ4v) is 2.13. The minimum Gasteiger partial charge on any atom is -0.340 e. The van der Waals surface area contributed by atoms with Gasteiger partial charge in [-0.25, -0.2) is 19.3 Å². The Morgan fingerprint density at radius 2 is 2.00 bits per heavy atom. The molecule has 0 atom stereocenters. The monoisotopic (exact) mass is 285 g/mol. The maximum atomic E-state index is 13.2. The number of rotatable bonds is 4. The summed E-state index contributed by atoms with van der Waals surface area (Å²) in [5.41, 5.74) is 2.55. The third-order valence-corrected chi connectivity index (χ3v) is 3.32. The molecule has 3 aromatic rings. The van der Waals surface area contributed by atoms with Crippen molar-refractivity contribution in [2.75, 3.05) is 11.9 Å². The first kappa shape index (κ1) is 13.5. The summed E-state index contributed by atoms with van der Waals surface area (Å²) < 4.78 is 13.2. The Morgan fingerprint density at radius 1 is 1.24 bits per heavy atom. The second-order valence-corrected chi connectivity index (χ2v) is 4.95. The van der Waals surface area contributed by atoms with Gasteiger partial charge in [-0.15, -0.1) is 0 Å². The zero-order chi connectivity index (χ0) is 14.8. The van der Waals surface area contributed by atoms with Crippen molar-refractivity contribution in [1.82, 2.24) is 19.9 Å². The van der Waals surface area contributed by atoms with E-state index in [1.807, 2.05) is 24.3 Å². The van der Waals surface area contributed by atoms with Crippen LogP contribution in [0.5, 0.6) is 0 Å². The summed E-state index contributed by atoms with van der Waals surface area (Å²) in [7, 11) is 1.90. The number of imidazole rings is 1. The standard InChI is InChI=1S/C15H16FN5/c1-3-10-7-17-15(18-8-10)21(2)9-14-19-12-5-4-11(16)6-13(12)20-14/h4-8H,3,9H2,1-2H3,(H,19,20). The highest BCUT2D eigenvalue weighted by atomic mass is 19.1. The first-order valence-electron chi connectivity index (χ1n) is 6.82. The van der Waals surface area contributed by atoms with E-state index in [2.05, 4.69) is 26.9 Å². The second kappa shape index (κ2) is 5.47. The van der Waals surface area contributed by atoms with Crippen LogP contribution in [0.3, 0.4) is 0 Å². The third-order valence-electron chi connectivity index (χ3n) is 3.32. The van der Waals surface area contributed by atoms with Gasteiger partial charge in [0.1, 0.15) is 11.6 Å². The normalized spacial score (nSPS) is 11.0. The summed E-state index contributed by atoms with van der Waals surface area (Å²) in [5, 5.41) is 0. The van der Waals surface area contributed by atoms with Crippen LogP contribution in [-0.4, -0.2) is 27.0 Å². The number of anilines is 1. The van der Waals surface area contributed by atoms with Gasteiger partial charge in [0.2, 0.25) is 5.95 Å². The lowest BCUT2D eigenvalue weighted by atomic mass is 10.3. The quantitative estimate of drug-likeness (QED) is 0.800. The van der Waals surface area contributed by atoms with Crippen molar-refractivity contribution < 1.29 is 4.39 Å². The molecule has 3 rings (SSSR count). The topological polar surface area (TPSA) is 57.7 Å². The molecule has 0 aliphatic carbocycles. The average molecular weight is 285 g/mol. The molecule has 0 saturated heterocycles. The lowest BCUT2D eigenvalue weighted by Gasteiger charge is -2.15. The zero-order valence-electron chi connectivity index (χ0n) is 12.0. The van der Waals surface area contributed by atoms with Crippen molar-refractivity contribution in [3.05, 3.63) is 47.8 Å². The Labute approximate surface area is 121 Å². The average Bonchev–Trinajstić information content (AvgIpc) is 2.88. The number of aromatic nitrogens is 4. The Kier molecular flexibility index (Phi) is 3.51. The number of halogens is 1. The fraction of sp³-hybridized carbons (Fsp3) is 0.267. The van der Waals surface area contributed by atoms with Crippen LogP contribution in [0.2, 0.25) is 0 Å². The summed E-state index contributed by atoms with van der Waals surface area (Å²) >= 11 is 0. The number of hydrogen-bond acceptors (Lipinski definition) is 4. The fourth-order valence-electron chi connectivity index (χ4n) is 2.13. The zero-order valence-corrected chi connectivity index (χ0v) is 12.0. The minimum atomic E-state index is -0.274. The molecule has 0 unspecified atom stereocenters. The number of aryl methyl sites for hydroxylation is 1. The molecule has 0 radical (unpaired) electrons. The van der Waals surface area contributed by atoms with Gasteiger partial charge in [0.25, 0.3) is 0 Å². The van der Waals surface area contributed by atoms with Crippen LogP contribution in [0.25, 0.3) is 11.0 Å². The van der Waals surface area contributed by atoms with Crippen molar-refractivity contribution in [3.63, 3.8) is 0 Å². The number of nitrogens with one attached hydrogen (secondary N) is 1. The SMILES string of the molecule is CCc1cnc(N(C)Cc2nc3ccc(F)cc3[nH]2)nc1. The molecule has 0 amide bonds. The predicted molar refractivity (Wildman–Crippen MR) is 79.6 cm³/mol. The van der Waals surface area contributed by atoms with Gasteiger partial charge in [-0.05, 0) is 30.2 Å². The third kappa shape index (κ3) is 2.84. The highest BCUT2D eigenvalue weighted by Gasteiger charge is 2.09. The number of hydrogen-bond donors (Lipinski definition) is 1. The van der Waals surface area contributed by atoms with E-state index in [1.165, 1.54) is 12.1 Å². The molecule has 21 heavy (non-hydrogen) atoms. The van der Waals surface area contributed by atoms with Gasteiger partial charge in [0.05, 0.1) is 17.6 Å². The molecule has 1 aromatic carbocycles. The number of fused-ring (bicyclic) bond motifs is 1. The van der Waals surface area contributed by atoms with Crippen LogP contribution in [0.4, 0.5) is 10.3 Å². The number of H-pyrrole nitrogens is 1. The molecular weight excluding hydrogens is 269 g/mol. The summed E-state index contributed by atoms with van der Waals surface area (Å²) in [6.45, 7) is 2.59. The van der Waals surface area contributed by atoms with Crippen molar-refractivity contribution >= 4 is 17.0 Å². The molecule has 0 aliphatic heterocycles. The van der Waals surface area contributed by atoms with Crippen LogP contribution < -0.4 is 4.90 Å². The maximum absolute atomic E-state index is 13.2. The summed E-state index contributed by atoms with van der Waals surface area (Å²) in [6, 6.07) is 4.51. The Balaban J connectivity index is 1.79. The van der Waals surface area contributed by atoms with Crippen LogP contribution in [0.15, 0.2) is 30.6 Å². The van der Waals surface area contributed by atoms with E-state index in [4.69, 9.17) is 0 Å². The van der Waals surface area contributed by atoms with Gasteiger partial charge in [0.15, 0.2) is 0 Å². The van der Waals surface area contributed by atoms with Gasteiger partial charge in [-0.1, -0.05) is 6.92 Å². The number of nitrogens with zero attached hydrogens (tertiary/aromatic N) is 4. The molecule has 2 aromatic heterocycles. The smallest absolute Gasteiger partial charge is 0.225 e. The van der Waals surface area contributed by atoms with Gasteiger partial charge >= 0.3 is 0 Å². The Bertz CT molecular complexity index is 750. The second-order valence-electron chi connectivity index (χ2n) is 4.95. The van der Waals surface area contributed by atoms with Crippen LogP contribution in [0.1, 0.15) is 18.3 Å². The van der Waals surface area contributed by atoms with Crippen molar-refractivity contribution in [2.24, 2.45) is 0 Å². The van der Waals surface area contributed by atoms with Crippen molar-refractivity contribution in [2.45, 2.75) is 19.9 Å². The lowest BCUT2D eigenvalue weighted by molar-refractivity contribution is 0.629. The largest absolute Gasteiger partial charge is 0.340 e. The van der Waals surface area contributed by atoms with Crippen molar-refractivity contribution in [3.8, 4) is 0 Å². The summed E-state index contributed by atoms with van der Waals surface area (Å²) in [6.07, 6.45) is 4.57. The van der Waals surface area contributed by atoms with E-state index in [1.54, 1.807) is 6.07 Å². The molecule has 2 heterocycles. The van der Waals surface area contributed by atoms with Crippen molar-refractivity contribution in [1.29, 1.82) is 0 Å². The summed E-state index contributed by atoms with van der Waals surface area (Å²) in [4.78, 5) is 18.1. The lowest BCUT2D eigenvalue weighted by Crippen LogP contribution is -2.19. The van der Waals surface area contributed by atoms with Gasteiger partial charge in [-0.2, -0.15) is 0 Å². The molecule has 0 fully saturated rings. The van der Waals surface area contributed by atoms with Gasteiger partial charge < -0.3 is 9.88 Å². The van der Waals surface area contributed by atoms with E-state index < -0.39 is 0 Å². The molecule has 1 N–H and O–H groups in total. The first-order chi connectivity index (χ1) is 10.2. The number of aromatic amines is 1. The number of benzene rings is 1. The van der Waals surface area contributed by atoms with E-state index >= 15 is 0 Å². The Morgan fingerprint density at radius 3 is 2.71 bits per heavy atom. The molecule has 0 aliphatic rings. The minimum absolute atomic E-state index is 0.274. The molecule has 0 bridgehead atoms. The highest BCUT2D eigenvalue weighted by Crippen LogP contribution is 2.15. The molecule has 0 spiro atoms. The predicted octanol–water partition coefficient (Wildman–Crippen LogP) is 2.69. The van der Waals surface area contributed by atoms with Crippen LogP contribution in [0, 0.1) is 5.82 Å². The molecule has 0 saturated carbocycles. The molecular formula is C15H16FN5. The van der Waals surface area contributed by atoms with E-state index in [0.717, 1.165) is 23.3 Å². The Hall–Kier alpha value is -2.50. The van der Waals surface area contributed by atoms with E-state index in [-0.39, 0.29) is 5.82 Å². The van der Waals surface area contributed by atoms with E-state index in [9.17, 15) is 4.39 Å². The maximum Gasteiger partial charge on any atom is 0.225 e. The van der Waals surface area contributed by atoms with E-state index in [0.29, 0.717) is 18.0 Å². The van der Waals surface area contributed by atoms with Crippen LogP contribution >= 0.6 is 0 Å². The van der Waals surface area contributed by atoms with Crippen LogP contribution in [-0.2, 0) is 13.0 Å². The first-order valence-corrected chi connectivity index (χ1v) is 6.82. The highest BCUT2D eigenvalue weighted by molar-refractivity contribution is 5.74. The summed E-state index contributed by atoms with van der Waals surface area (Å²) in [5.74, 6) is 1.12. The molecule has 6 heteroatoms. The molecule has 5 nitrogen and oxygen atoms in total. The van der Waals surface area contributed by atoms with Gasteiger partial charge in [-0.3, -0.25) is 0 Å². The van der Waals surface area contributed by atoms with Gasteiger partial charge in [0, 0.05) is 19.4 Å².